The molecule has 0 aliphatic heterocycles. The topological polar surface area (TPSA) is 55.8 Å². The highest BCUT2D eigenvalue weighted by Gasteiger charge is 2.52. The van der Waals surface area contributed by atoms with Crippen molar-refractivity contribution in [2.75, 3.05) is 13.7 Å². The lowest BCUT2D eigenvalue weighted by atomic mass is 9.47. The zero-order chi connectivity index (χ0) is 24.4. The Morgan fingerprint density at radius 2 is 1.60 bits per heavy atom. The number of aromatic carboxylic acids is 1. The van der Waals surface area contributed by atoms with E-state index in [4.69, 9.17) is 14.6 Å². The van der Waals surface area contributed by atoms with Crippen LogP contribution in [0.3, 0.4) is 0 Å². The van der Waals surface area contributed by atoms with Crippen LogP contribution in [0.25, 0.3) is 0 Å². The molecule has 184 valence electrons. The lowest BCUT2D eigenvalue weighted by molar-refractivity contribution is -0.123. The molecule has 4 saturated carbocycles. The molecule has 4 aliphatic carbocycles. The Morgan fingerprint density at radius 1 is 1.00 bits per heavy atom. The van der Waals surface area contributed by atoms with Crippen molar-refractivity contribution in [3.63, 3.8) is 0 Å². The van der Waals surface area contributed by atoms with Crippen molar-refractivity contribution >= 4 is 5.97 Å². The van der Waals surface area contributed by atoms with Crippen molar-refractivity contribution in [1.82, 2.24) is 0 Å². The molecule has 1 unspecified atom stereocenters. The smallest absolute Gasteiger partial charge is 0.335 e. The highest BCUT2D eigenvalue weighted by molar-refractivity contribution is 5.87. The van der Waals surface area contributed by atoms with Gasteiger partial charge in [0, 0.05) is 31.3 Å². The maximum absolute atomic E-state index is 11.1. The third kappa shape index (κ3) is 5.17. The Kier molecular flexibility index (Phi) is 7.00. The summed E-state index contributed by atoms with van der Waals surface area (Å²) >= 11 is 0. The van der Waals surface area contributed by atoms with Crippen LogP contribution in [-0.4, -0.2) is 31.1 Å². The fraction of sp³-hybridized carbons (Fsp3) is 0.516. The van der Waals surface area contributed by atoms with Crippen LogP contribution < -0.4 is 0 Å². The number of carboxylic acid groups (broad SMARTS) is 1. The summed E-state index contributed by atoms with van der Waals surface area (Å²) in [5, 5.41) is 9.13. The first-order chi connectivity index (χ1) is 17.0. The standard InChI is InChI=1S/C31H36O4/c1-3-35-29(34-2)13-12-26-9-8-22(5-4-21-6-10-27(11-7-21)30(32)33)17-28(26)31-18-23-14-24(19-31)16-25(15-23)20-31/h6-11,17,23-25,29H,3,12-16,18-20H2,1-2H3,(H,32,33). The molecule has 0 heterocycles. The SMILES string of the molecule is CCOC(CCc1ccc(C#Cc2ccc(C(=O)O)cc2)cc1C12CC3CC(CC(C3)C1)C2)OC. The van der Waals surface area contributed by atoms with Gasteiger partial charge in [0.05, 0.1) is 5.56 Å². The number of hydrogen-bond acceptors (Lipinski definition) is 3. The molecule has 0 saturated heterocycles. The zero-order valence-electron chi connectivity index (χ0n) is 20.9. The Balaban J connectivity index is 1.45. The highest BCUT2D eigenvalue weighted by atomic mass is 16.7. The van der Waals surface area contributed by atoms with Crippen molar-refractivity contribution in [3.05, 3.63) is 70.3 Å². The van der Waals surface area contributed by atoms with E-state index >= 15 is 0 Å². The number of benzene rings is 2. The molecule has 2 aromatic rings. The van der Waals surface area contributed by atoms with E-state index in [2.05, 4.69) is 30.0 Å². The van der Waals surface area contributed by atoms with Crippen LogP contribution in [0, 0.1) is 29.6 Å². The summed E-state index contributed by atoms with van der Waals surface area (Å²) in [4.78, 5) is 11.1. The average Bonchev–Trinajstić information content (AvgIpc) is 2.85. The average molecular weight is 473 g/mol. The van der Waals surface area contributed by atoms with Gasteiger partial charge in [-0.3, -0.25) is 0 Å². The van der Waals surface area contributed by atoms with E-state index in [1.54, 1.807) is 31.4 Å². The Morgan fingerprint density at radius 3 is 2.17 bits per heavy atom. The number of aryl methyl sites for hydroxylation is 1. The first-order valence-corrected chi connectivity index (χ1v) is 13.1. The lowest BCUT2D eigenvalue weighted by Crippen LogP contribution is -2.49. The number of rotatable bonds is 8. The second-order valence-corrected chi connectivity index (χ2v) is 10.9. The Hall–Kier alpha value is -2.61. The van der Waals surface area contributed by atoms with Gasteiger partial charge in [-0.15, -0.1) is 0 Å². The molecular formula is C31H36O4. The van der Waals surface area contributed by atoms with E-state index in [1.807, 2.05) is 6.92 Å². The van der Waals surface area contributed by atoms with Crippen molar-refractivity contribution in [3.8, 4) is 11.8 Å². The van der Waals surface area contributed by atoms with Crippen molar-refractivity contribution in [2.45, 2.75) is 70.0 Å². The number of hydrogen-bond donors (Lipinski definition) is 1. The fourth-order valence-corrected chi connectivity index (χ4v) is 7.38. The number of carbonyl (C=O) groups is 1. The van der Waals surface area contributed by atoms with Crippen LogP contribution in [0.2, 0.25) is 0 Å². The van der Waals surface area contributed by atoms with Gasteiger partial charge in [0.2, 0.25) is 0 Å². The molecule has 4 nitrogen and oxygen atoms in total. The van der Waals surface area contributed by atoms with Gasteiger partial charge in [-0.2, -0.15) is 0 Å². The van der Waals surface area contributed by atoms with Crippen LogP contribution in [0.15, 0.2) is 42.5 Å². The minimum atomic E-state index is -0.916. The summed E-state index contributed by atoms with van der Waals surface area (Å²) in [6.07, 6.45) is 9.86. The van der Waals surface area contributed by atoms with Crippen LogP contribution in [0.4, 0.5) is 0 Å². The van der Waals surface area contributed by atoms with Crippen molar-refractivity contribution in [1.29, 1.82) is 0 Å². The predicted octanol–water partition coefficient (Wildman–Crippen LogP) is 6.19. The molecule has 0 amide bonds. The van der Waals surface area contributed by atoms with Gasteiger partial charge in [-0.05, 0) is 123 Å². The molecule has 0 spiro atoms. The highest BCUT2D eigenvalue weighted by Crippen LogP contribution is 2.61. The molecule has 4 bridgehead atoms. The summed E-state index contributed by atoms with van der Waals surface area (Å²) in [5.74, 6) is 8.33. The first-order valence-electron chi connectivity index (χ1n) is 13.1. The van der Waals surface area contributed by atoms with Crippen LogP contribution >= 0.6 is 0 Å². The van der Waals surface area contributed by atoms with Gasteiger partial charge in [-0.25, -0.2) is 4.79 Å². The number of carboxylic acids is 1. The van der Waals surface area contributed by atoms with Gasteiger partial charge in [0.15, 0.2) is 6.29 Å². The molecule has 35 heavy (non-hydrogen) atoms. The third-order valence-electron chi connectivity index (χ3n) is 8.47. The van der Waals surface area contributed by atoms with E-state index < -0.39 is 5.97 Å². The van der Waals surface area contributed by atoms with E-state index in [0.717, 1.165) is 41.7 Å². The van der Waals surface area contributed by atoms with Crippen molar-refractivity contribution < 1.29 is 19.4 Å². The summed E-state index contributed by atoms with van der Waals surface area (Å²) < 4.78 is 11.3. The third-order valence-corrected chi connectivity index (χ3v) is 8.47. The Bertz CT molecular complexity index is 1090. The van der Waals surface area contributed by atoms with E-state index in [0.29, 0.717) is 12.0 Å². The first kappa shape index (κ1) is 24.1. The normalized spacial score (nSPS) is 27.3. The van der Waals surface area contributed by atoms with Gasteiger partial charge < -0.3 is 14.6 Å². The van der Waals surface area contributed by atoms with Crippen LogP contribution in [0.5, 0.6) is 0 Å². The van der Waals surface area contributed by atoms with E-state index in [1.165, 1.54) is 49.7 Å². The van der Waals surface area contributed by atoms with E-state index in [9.17, 15) is 4.79 Å². The van der Waals surface area contributed by atoms with Crippen molar-refractivity contribution in [2.24, 2.45) is 17.8 Å². The molecule has 1 atom stereocenters. The molecule has 2 aromatic carbocycles. The van der Waals surface area contributed by atoms with Gasteiger partial charge in [0.1, 0.15) is 0 Å². The Labute approximate surface area is 209 Å². The fourth-order valence-electron chi connectivity index (χ4n) is 7.38. The van der Waals surface area contributed by atoms with Crippen LogP contribution in [0.1, 0.15) is 84.5 Å². The minimum absolute atomic E-state index is 0.169. The maximum atomic E-state index is 11.1. The van der Waals surface area contributed by atoms with Gasteiger partial charge in [-0.1, -0.05) is 17.9 Å². The molecule has 1 N–H and O–H groups in total. The van der Waals surface area contributed by atoms with Crippen LogP contribution in [-0.2, 0) is 21.3 Å². The zero-order valence-corrected chi connectivity index (χ0v) is 20.9. The lowest BCUT2D eigenvalue weighted by Gasteiger charge is -2.57. The van der Waals surface area contributed by atoms with Gasteiger partial charge >= 0.3 is 5.97 Å². The number of methoxy groups -OCH3 is 1. The summed E-state index contributed by atoms with van der Waals surface area (Å²) in [7, 11) is 1.72. The minimum Gasteiger partial charge on any atom is -0.478 e. The molecule has 6 rings (SSSR count). The monoisotopic (exact) mass is 472 g/mol. The van der Waals surface area contributed by atoms with E-state index in [-0.39, 0.29) is 11.9 Å². The molecule has 4 aliphatic rings. The number of ether oxygens (including phenoxy) is 2. The molecule has 4 heteroatoms. The second-order valence-electron chi connectivity index (χ2n) is 10.9. The predicted molar refractivity (Wildman–Crippen MR) is 136 cm³/mol. The van der Waals surface area contributed by atoms with Gasteiger partial charge in [0.25, 0.3) is 0 Å². The summed E-state index contributed by atoms with van der Waals surface area (Å²) in [6, 6.07) is 13.6. The summed E-state index contributed by atoms with van der Waals surface area (Å²) in [5.41, 5.74) is 5.37. The molecule has 4 fully saturated rings. The molecule has 0 radical (unpaired) electrons. The largest absolute Gasteiger partial charge is 0.478 e. The molecular weight excluding hydrogens is 436 g/mol. The summed E-state index contributed by atoms with van der Waals surface area (Å²) in [6.45, 7) is 2.66. The second kappa shape index (κ2) is 10.2. The quantitative estimate of drug-likeness (QED) is 0.367. The maximum Gasteiger partial charge on any atom is 0.335 e. The molecule has 0 aromatic heterocycles.